The number of aromatic nitrogens is 1. The fourth-order valence-electron chi connectivity index (χ4n) is 8.70. The van der Waals surface area contributed by atoms with E-state index >= 15 is 4.79 Å². The summed E-state index contributed by atoms with van der Waals surface area (Å²) in [5.41, 5.74) is 1.69. The molecule has 8 rings (SSSR count). The average molecular weight is 800 g/mol. The molecule has 6 atom stereocenters. The summed E-state index contributed by atoms with van der Waals surface area (Å²) in [4.78, 5) is 63.3. The Hall–Kier alpha value is -4.69. The molecule has 4 aromatic rings. The molecule has 10 nitrogen and oxygen atoms in total. The van der Waals surface area contributed by atoms with Crippen molar-refractivity contribution in [1.82, 2.24) is 9.99 Å². The molecule has 16 heteroatoms. The van der Waals surface area contributed by atoms with Crippen molar-refractivity contribution in [1.29, 1.82) is 0 Å². The highest BCUT2D eigenvalue weighted by molar-refractivity contribution is 6.33. The molecule has 4 aliphatic rings. The summed E-state index contributed by atoms with van der Waals surface area (Å²) in [6.45, 7) is 1.32. The van der Waals surface area contributed by atoms with Gasteiger partial charge in [-0.15, -0.1) is 0 Å². The summed E-state index contributed by atoms with van der Waals surface area (Å²) < 4.78 is 46.5. The van der Waals surface area contributed by atoms with Crippen LogP contribution >= 0.6 is 34.8 Å². The van der Waals surface area contributed by atoms with Crippen molar-refractivity contribution in [3.8, 4) is 0 Å². The maximum absolute atomic E-state index is 15.2. The number of halogens is 6. The van der Waals surface area contributed by atoms with Gasteiger partial charge in [-0.1, -0.05) is 64.7 Å². The van der Waals surface area contributed by atoms with Gasteiger partial charge in [0.15, 0.2) is 5.82 Å². The number of alkyl halides is 3. The standard InChI is InChI=1S/C38H28Cl3F3N4O6/c1-17-2-7-21(13-27(17)40)47-33(50)24-10-9-23-25(30(24)35(47)52)14-26-34(51)48(46-32-28(41)12-19(15-45-32)38(42,43)44)36(53)37(26,18-3-5-20(39)6-4-18)31(23)29-11-8-22(16-49)54-29/h2-9,11-13,15,24-26,30-31,49H,10,14,16H2,1H3,(H,45,46). The van der Waals surface area contributed by atoms with Gasteiger partial charge in [0.05, 0.1) is 39.9 Å². The Morgan fingerprint density at radius 2 is 1.69 bits per heavy atom. The molecule has 0 bridgehead atoms. The van der Waals surface area contributed by atoms with Gasteiger partial charge in [-0.2, -0.15) is 18.2 Å². The number of hydrogen-bond acceptors (Lipinski definition) is 8. The van der Waals surface area contributed by atoms with Gasteiger partial charge in [0.2, 0.25) is 11.8 Å². The number of aryl methyl sites for hydroxylation is 1. The fraction of sp³-hybridized carbons (Fsp3) is 0.289. The molecule has 4 amide bonds. The first-order valence-corrected chi connectivity index (χ1v) is 18.0. The third kappa shape index (κ3) is 5.38. The molecule has 2 N–H and O–H groups in total. The number of hydrazine groups is 1. The monoisotopic (exact) mass is 798 g/mol. The van der Waals surface area contributed by atoms with Crippen LogP contribution in [-0.2, 0) is 37.4 Å². The molecule has 0 spiro atoms. The number of fused-ring (bicyclic) bond motifs is 4. The molecule has 2 aromatic carbocycles. The number of nitrogens with zero attached hydrogens (tertiary/aromatic N) is 3. The zero-order valence-corrected chi connectivity index (χ0v) is 30.3. The first-order chi connectivity index (χ1) is 25.7. The number of aliphatic hydroxyl groups is 1. The summed E-state index contributed by atoms with van der Waals surface area (Å²) >= 11 is 18.9. The van der Waals surface area contributed by atoms with E-state index in [4.69, 9.17) is 39.2 Å². The van der Waals surface area contributed by atoms with E-state index in [-0.39, 0.29) is 30.2 Å². The zero-order chi connectivity index (χ0) is 38.4. The Morgan fingerprint density at radius 3 is 2.33 bits per heavy atom. The summed E-state index contributed by atoms with van der Waals surface area (Å²) in [5, 5.41) is 10.9. The van der Waals surface area contributed by atoms with Crippen LogP contribution in [0.5, 0.6) is 0 Å². The number of imide groups is 2. The van der Waals surface area contributed by atoms with Crippen LogP contribution in [0.4, 0.5) is 24.7 Å². The largest absolute Gasteiger partial charge is 0.463 e. The van der Waals surface area contributed by atoms with Gasteiger partial charge in [-0.05, 0) is 79.3 Å². The van der Waals surface area contributed by atoms with Crippen LogP contribution < -0.4 is 10.3 Å². The number of carbonyl (C=O) groups excluding carboxylic acids is 4. The summed E-state index contributed by atoms with van der Waals surface area (Å²) in [6.07, 6.45) is -2.34. The Bertz CT molecular complexity index is 2300. The second-order valence-electron chi connectivity index (χ2n) is 13.8. The molecular weight excluding hydrogens is 772 g/mol. The highest BCUT2D eigenvalue weighted by Gasteiger charge is 2.71. The van der Waals surface area contributed by atoms with Gasteiger partial charge in [0.25, 0.3) is 11.8 Å². The number of furan rings is 1. The summed E-state index contributed by atoms with van der Waals surface area (Å²) in [7, 11) is 0. The quantitative estimate of drug-likeness (QED) is 0.150. The molecule has 2 aromatic heterocycles. The Balaban J connectivity index is 1.29. The van der Waals surface area contributed by atoms with Crippen LogP contribution in [0.2, 0.25) is 15.1 Å². The number of amides is 4. The van der Waals surface area contributed by atoms with Crippen molar-refractivity contribution in [2.24, 2.45) is 23.7 Å². The highest BCUT2D eigenvalue weighted by Crippen LogP contribution is 2.64. The highest BCUT2D eigenvalue weighted by atomic mass is 35.5. The smallest absolute Gasteiger partial charge is 0.417 e. The molecule has 2 saturated heterocycles. The normalized spacial score (nSPS) is 26.5. The molecule has 2 aliphatic heterocycles. The van der Waals surface area contributed by atoms with E-state index in [1.165, 1.54) is 6.07 Å². The summed E-state index contributed by atoms with van der Waals surface area (Å²) in [5.74, 6) is -7.20. The minimum Gasteiger partial charge on any atom is -0.463 e. The van der Waals surface area contributed by atoms with Crippen molar-refractivity contribution in [2.75, 3.05) is 10.3 Å². The lowest BCUT2D eigenvalue weighted by atomic mass is 9.50. The maximum Gasteiger partial charge on any atom is 0.417 e. The molecule has 54 heavy (non-hydrogen) atoms. The van der Waals surface area contributed by atoms with Crippen molar-refractivity contribution < 1.29 is 41.9 Å². The van der Waals surface area contributed by atoms with Crippen LogP contribution in [0.3, 0.4) is 0 Å². The second kappa shape index (κ2) is 13.0. The molecule has 0 radical (unpaired) electrons. The number of carbonyl (C=O) groups is 4. The average Bonchev–Trinajstić information content (AvgIpc) is 3.77. The van der Waals surface area contributed by atoms with Gasteiger partial charge in [0.1, 0.15) is 23.5 Å². The van der Waals surface area contributed by atoms with E-state index in [1.54, 1.807) is 55.5 Å². The third-order valence-electron chi connectivity index (χ3n) is 11.1. The number of allylic oxidation sites excluding steroid dienone is 2. The van der Waals surface area contributed by atoms with Crippen molar-refractivity contribution >= 4 is 69.9 Å². The molecule has 2 aliphatic carbocycles. The molecule has 4 heterocycles. The summed E-state index contributed by atoms with van der Waals surface area (Å²) in [6, 6.07) is 15.0. The fourth-order valence-corrected chi connectivity index (χ4v) is 9.21. The minimum absolute atomic E-state index is 0.0713. The van der Waals surface area contributed by atoms with Crippen LogP contribution in [0.1, 0.15) is 47.0 Å². The SMILES string of the molecule is Cc1ccc(N2C(=O)C3CC=C4C(CC5C(=O)N(Nc6ncc(C(F)(F)F)cc6Cl)C(=O)C5(c5ccc(Cl)cc5)C4c4ccc(CO)o4)C3C2=O)cc1Cl. The number of anilines is 2. The number of benzene rings is 2. The van der Waals surface area contributed by atoms with E-state index in [0.29, 0.717) is 44.1 Å². The van der Waals surface area contributed by atoms with Gasteiger partial charge in [-0.25, -0.2) is 9.88 Å². The number of nitrogens with one attached hydrogen (secondary N) is 1. The van der Waals surface area contributed by atoms with Crippen LogP contribution in [0.25, 0.3) is 0 Å². The third-order valence-corrected chi connectivity index (χ3v) is 12.0. The predicted octanol–water partition coefficient (Wildman–Crippen LogP) is 7.64. The lowest BCUT2D eigenvalue weighted by Gasteiger charge is -2.49. The van der Waals surface area contributed by atoms with Crippen molar-refractivity contribution in [3.05, 3.63) is 122 Å². The van der Waals surface area contributed by atoms with Crippen molar-refractivity contribution in [3.63, 3.8) is 0 Å². The minimum atomic E-state index is -4.76. The van der Waals surface area contributed by atoms with E-state index < -0.39 is 82.0 Å². The van der Waals surface area contributed by atoms with Crippen LogP contribution in [0, 0.1) is 30.6 Å². The van der Waals surface area contributed by atoms with Gasteiger partial charge in [-0.3, -0.25) is 24.6 Å². The topological polar surface area (TPSA) is 133 Å². The van der Waals surface area contributed by atoms with Gasteiger partial charge in [0, 0.05) is 16.2 Å². The molecule has 6 unspecified atom stereocenters. The molecule has 3 fully saturated rings. The number of aliphatic hydroxyl groups excluding tert-OH is 1. The first-order valence-electron chi connectivity index (χ1n) is 16.8. The number of rotatable bonds is 6. The van der Waals surface area contributed by atoms with Crippen molar-refractivity contribution in [2.45, 2.75) is 43.9 Å². The van der Waals surface area contributed by atoms with E-state index in [2.05, 4.69) is 10.4 Å². The van der Waals surface area contributed by atoms with E-state index in [1.807, 2.05) is 6.08 Å². The first kappa shape index (κ1) is 36.3. The van der Waals surface area contributed by atoms with Gasteiger partial charge < -0.3 is 9.52 Å². The molecule has 1 saturated carbocycles. The lowest BCUT2D eigenvalue weighted by Crippen LogP contribution is -2.53. The van der Waals surface area contributed by atoms with Gasteiger partial charge >= 0.3 is 6.18 Å². The Labute approximate surface area is 320 Å². The number of hydrogen-bond donors (Lipinski definition) is 2. The van der Waals surface area contributed by atoms with Crippen LogP contribution in [0.15, 0.2) is 82.9 Å². The Kier molecular flexibility index (Phi) is 8.72. The second-order valence-corrected chi connectivity index (χ2v) is 15.1. The number of pyridine rings is 1. The van der Waals surface area contributed by atoms with Crippen LogP contribution in [-0.4, -0.2) is 38.7 Å². The molecule has 278 valence electrons. The zero-order valence-electron chi connectivity index (χ0n) is 28.0. The Morgan fingerprint density at radius 1 is 0.944 bits per heavy atom. The van der Waals surface area contributed by atoms with E-state index in [0.717, 1.165) is 10.5 Å². The molecular formula is C38H28Cl3F3N4O6. The lowest BCUT2D eigenvalue weighted by molar-refractivity contribution is -0.139. The predicted molar refractivity (Wildman–Crippen MR) is 190 cm³/mol. The maximum atomic E-state index is 15.2. The van der Waals surface area contributed by atoms with E-state index in [9.17, 15) is 32.7 Å².